The van der Waals surface area contributed by atoms with E-state index in [1.54, 1.807) is 7.05 Å². The van der Waals surface area contributed by atoms with E-state index in [-0.39, 0.29) is 5.91 Å². The van der Waals surface area contributed by atoms with Crippen LogP contribution >= 0.6 is 0 Å². The minimum Gasteiger partial charge on any atom is -0.315 e. The number of carbonyl (C=O) groups excluding carboxylic acids is 1. The molecule has 2 nitrogen and oxygen atoms in total. The van der Waals surface area contributed by atoms with Gasteiger partial charge in [-0.15, -0.1) is 5.73 Å². The van der Waals surface area contributed by atoms with Crippen LogP contribution in [0.4, 0.5) is 0 Å². The van der Waals surface area contributed by atoms with Gasteiger partial charge in [0.1, 0.15) is 0 Å². The first-order valence-electron chi connectivity index (χ1n) is 3.34. The second-order valence-corrected chi connectivity index (χ2v) is 2.47. The summed E-state index contributed by atoms with van der Waals surface area (Å²) in [5.41, 5.74) is 3.38. The van der Waals surface area contributed by atoms with E-state index in [1.807, 2.05) is 6.92 Å². The highest BCUT2D eigenvalue weighted by Crippen LogP contribution is 1.99. The molecule has 0 aromatic rings. The lowest BCUT2D eigenvalue weighted by atomic mass is 10.2. The first kappa shape index (κ1) is 9.73. The Morgan fingerprint density at radius 2 is 2.27 bits per heavy atom. The van der Waals surface area contributed by atoms with Crippen molar-refractivity contribution in [1.29, 1.82) is 0 Å². The molecule has 0 aromatic carbocycles. The van der Waals surface area contributed by atoms with Crippen molar-refractivity contribution in [2.45, 2.75) is 13.3 Å². The quantitative estimate of drug-likeness (QED) is 0.444. The zero-order valence-electron chi connectivity index (χ0n) is 7.05. The van der Waals surface area contributed by atoms with Gasteiger partial charge in [-0.1, -0.05) is 18.7 Å². The Bertz CT molecular complexity index is 212. The maximum absolute atomic E-state index is 11.1. The summed E-state index contributed by atoms with van der Waals surface area (Å²) in [6, 6.07) is 0. The molecule has 0 bridgehead atoms. The van der Waals surface area contributed by atoms with Gasteiger partial charge in [-0.2, -0.15) is 0 Å². The number of amides is 1. The third-order valence-corrected chi connectivity index (χ3v) is 1.13. The van der Waals surface area contributed by atoms with Crippen molar-refractivity contribution >= 4 is 5.91 Å². The monoisotopic (exact) mass is 151 g/mol. The van der Waals surface area contributed by atoms with Crippen LogP contribution in [-0.4, -0.2) is 17.9 Å². The molecule has 11 heavy (non-hydrogen) atoms. The van der Waals surface area contributed by atoms with Crippen molar-refractivity contribution in [3.05, 3.63) is 30.7 Å². The van der Waals surface area contributed by atoms with Crippen LogP contribution in [0, 0.1) is 0 Å². The van der Waals surface area contributed by atoms with E-state index in [0.29, 0.717) is 6.42 Å². The maximum atomic E-state index is 11.1. The normalized spacial score (nSPS) is 8.18. The van der Waals surface area contributed by atoms with Gasteiger partial charge in [0.25, 0.3) is 0 Å². The fraction of sp³-hybridized carbons (Fsp3) is 0.333. The Kier molecular flexibility index (Phi) is 4.01. The molecule has 0 aromatic heterocycles. The summed E-state index contributed by atoms with van der Waals surface area (Å²) in [7, 11) is 1.67. The maximum Gasteiger partial charge on any atom is 0.230 e. The first-order chi connectivity index (χ1) is 5.07. The Morgan fingerprint density at radius 1 is 1.73 bits per heavy atom. The van der Waals surface area contributed by atoms with Crippen LogP contribution < -0.4 is 0 Å². The van der Waals surface area contributed by atoms with Crippen molar-refractivity contribution in [2.75, 3.05) is 7.05 Å². The van der Waals surface area contributed by atoms with Gasteiger partial charge >= 0.3 is 0 Å². The Hall–Kier alpha value is -1.27. The highest BCUT2D eigenvalue weighted by Gasteiger charge is 2.03. The van der Waals surface area contributed by atoms with E-state index in [9.17, 15) is 4.79 Å². The summed E-state index contributed by atoms with van der Waals surface area (Å²) >= 11 is 0. The van der Waals surface area contributed by atoms with Crippen LogP contribution in [0.5, 0.6) is 0 Å². The van der Waals surface area contributed by atoms with Gasteiger partial charge in [0.15, 0.2) is 0 Å². The third-order valence-electron chi connectivity index (χ3n) is 1.13. The lowest BCUT2D eigenvalue weighted by Crippen LogP contribution is -2.20. The largest absolute Gasteiger partial charge is 0.315 e. The zero-order chi connectivity index (χ0) is 8.85. The Balaban J connectivity index is 4.03. The fourth-order valence-corrected chi connectivity index (χ4v) is 0.592. The molecule has 0 fully saturated rings. The summed E-state index contributed by atoms with van der Waals surface area (Å²) in [6.45, 7) is 8.83. The molecule has 0 rings (SSSR count). The molecule has 0 spiro atoms. The molecular formula is C9H13NO. The second kappa shape index (κ2) is 4.53. The standard InChI is InChI=1S/C9H13NO/c1-5-6-10(4)9(11)7-8(2)3/h6H,1-2,7H2,3-4H3. The van der Waals surface area contributed by atoms with Crippen molar-refractivity contribution in [3.8, 4) is 0 Å². The topological polar surface area (TPSA) is 20.3 Å². The van der Waals surface area contributed by atoms with E-state index in [2.05, 4.69) is 18.9 Å². The average Bonchev–Trinajstić information content (AvgIpc) is 1.86. The number of hydrogen-bond acceptors (Lipinski definition) is 1. The number of hydrogen-bond donors (Lipinski definition) is 0. The van der Waals surface area contributed by atoms with Gasteiger partial charge in [0, 0.05) is 19.7 Å². The molecule has 0 radical (unpaired) electrons. The lowest BCUT2D eigenvalue weighted by molar-refractivity contribution is -0.126. The minimum absolute atomic E-state index is 0.00801. The molecular weight excluding hydrogens is 138 g/mol. The van der Waals surface area contributed by atoms with E-state index < -0.39 is 0 Å². The molecule has 2 heteroatoms. The van der Waals surface area contributed by atoms with Gasteiger partial charge in [-0.3, -0.25) is 4.79 Å². The second-order valence-electron chi connectivity index (χ2n) is 2.47. The summed E-state index contributed by atoms with van der Waals surface area (Å²) in [5.74, 6) is 0.00801. The molecule has 0 heterocycles. The van der Waals surface area contributed by atoms with Gasteiger partial charge in [-0.25, -0.2) is 0 Å². The van der Waals surface area contributed by atoms with Gasteiger partial charge in [-0.05, 0) is 6.92 Å². The molecule has 1 amide bonds. The van der Waals surface area contributed by atoms with Gasteiger partial charge in [0.05, 0.1) is 0 Å². The van der Waals surface area contributed by atoms with Crippen molar-refractivity contribution in [1.82, 2.24) is 4.90 Å². The van der Waals surface area contributed by atoms with Crippen molar-refractivity contribution in [3.63, 3.8) is 0 Å². The van der Waals surface area contributed by atoms with Crippen LogP contribution in [0.15, 0.2) is 30.7 Å². The van der Waals surface area contributed by atoms with Crippen LogP contribution in [0.25, 0.3) is 0 Å². The van der Waals surface area contributed by atoms with E-state index in [0.717, 1.165) is 5.57 Å². The molecule has 0 saturated heterocycles. The molecule has 0 atom stereocenters. The van der Waals surface area contributed by atoms with Gasteiger partial charge < -0.3 is 4.90 Å². The first-order valence-corrected chi connectivity index (χ1v) is 3.34. The summed E-state index contributed by atoms with van der Waals surface area (Å²) in [6.07, 6.45) is 1.89. The Morgan fingerprint density at radius 3 is 2.64 bits per heavy atom. The number of carbonyl (C=O) groups is 1. The SMILES string of the molecule is C=C=CN(C)C(=O)CC(=C)C. The smallest absolute Gasteiger partial charge is 0.230 e. The minimum atomic E-state index is 0.00801. The molecule has 0 unspecified atom stereocenters. The molecule has 0 aliphatic carbocycles. The van der Waals surface area contributed by atoms with Crippen LogP contribution in [0.1, 0.15) is 13.3 Å². The molecule has 0 aliphatic heterocycles. The predicted molar refractivity (Wildman–Crippen MR) is 45.9 cm³/mol. The zero-order valence-corrected chi connectivity index (χ0v) is 7.05. The summed E-state index contributed by atoms with van der Waals surface area (Å²) < 4.78 is 0. The van der Waals surface area contributed by atoms with Crippen LogP contribution in [0.2, 0.25) is 0 Å². The summed E-state index contributed by atoms with van der Waals surface area (Å²) in [4.78, 5) is 12.6. The highest BCUT2D eigenvalue weighted by molar-refractivity contribution is 5.79. The number of nitrogens with zero attached hydrogens (tertiary/aromatic N) is 1. The van der Waals surface area contributed by atoms with Crippen LogP contribution in [-0.2, 0) is 4.79 Å². The fourth-order valence-electron chi connectivity index (χ4n) is 0.592. The van der Waals surface area contributed by atoms with E-state index in [4.69, 9.17) is 0 Å². The third kappa shape index (κ3) is 4.18. The molecule has 0 aliphatic rings. The number of rotatable bonds is 3. The molecule has 0 saturated carbocycles. The average molecular weight is 151 g/mol. The molecule has 60 valence electrons. The summed E-state index contributed by atoms with van der Waals surface area (Å²) in [5, 5.41) is 0. The van der Waals surface area contributed by atoms with Gasteiger partial charge in [0.2, 0.25) is 5.91 Å². The van der Waals surface area contributed by atoms with Crippen LogP contribution in [0.3, 0.4) is 0 Å². The van der Waals surface area contributed by atoms with Crippen molar-refractivity contribution < 1.29 is 4.79 Å². The van der Waals surface area contributed by atoms with E-state index in [1.165, 1.54) is 11.1 Å². The Labute approximate surface area is 67.5 Å². The molecule has 0 N–H and O–H groups in total. The lowest BCUT2D eigenvalue weighted by Gasteiger charge is -2.09. The highest BCUT2D eigenvalue weighted by atomic mass is 16.2. The predicted octanol–water partition coefficient (Wildman–Crippen LogP) is 1.71. The van der Waals surface area contributed by atoms with Crippen molar-refractivity contribution in [2.24, 2.45) is 0 Å². The van der Waals surface area contributed by atoms with E-state index >= 15 is 0 Å².